The molecule has 2 heterocycles. The van der Waals surface area contributed by atoms with Gasteiger partial charge in [0, 0.05) is 30.2 Å². The Bertz CT molecular complexity index is 499. The highest BCUT2D eigenvalue weighted by Gasteiger charge is 2.16. The number of aryl methyl sites for hydroxylation is 1. The molecule has 0 aliphatic heterocycles. The van der Waals surface area contributed by atoms with Crippen molar-refractivity contribution in [1.82, 2.24) is 14.4 Å². The number of hydrogen-bond acceptors (Lipinski definition) is 3. The number of H-pyrrole nitrogens is 1. The second-order valence-electron chi connectivity index (χ2n) is 3.46. The molecular weight excluding hydrogens is 196 g/mol. The van der Waals surface area contributed by atoms with E-state index in [9.17, 15) is 4.79 Å². The van der Waals surface area contributed by atoms with Gasteiger partial charge in [-0.15, -0.1) is 0 Å². The Morgan fingerprint density at radius 2 is 2.53 bits per heavy atom. The van der Waals surface area contributed by atoms with Gasteiger partial charge in [-0.3, -0.25) is 9.20 Å². The molecule has 0 saturated heterocycles. The lowest BCUT2D eigenvalue weighted by atomic mass is 10.1. The lowest BCUT2D eigenvalue weighted by Crippen LogP contribution is -2.32. The molecule has 0 amide bonds. The fourth-order valence-electron chi connectivity index (χ4n) is 1.54. The summed E-state index contributed by atoms with van der Waals surface area (Å²) in [6.07, 6.45) is 3.78. The fourth-order valence-corrected chi connectivity index (χ4v) is 1.54. The van der Waals surface area contributed by atoms with Gasteiger partial charge in [-0.25, -0.2) is 4.98 Å². The van der Waals surface area contributed by atoms with E-state index in [1.165, 1.54) is 0 Å². The molecular formula is C9H12N4O2. The van der Waals surface area contributed by atoms with Crippen molar-refractivity contribution >= 4 is 11.7 Å². The SMILES string of the molecule is Cc1c(CC(N)C(=O)O)[nH]c2nccn12. The molecule has 0 spiro atoms. The molecule has 80 valence electrons. The van der Waals surface area contributed by atoms with E-state index in [4.69, 9.17) is 10.8 Å². The van der Waals surface area contributed by atoms with Crippen molar-refractivity contribution in [3.05, 3.63) is 23.8 Å². The van der Waals surface area contributed by atoms with Gasteiger partial charge in [-0.05, 0) is 6.92 Å². The van der Waals surface area contributed by atoms with Gasteiger partial charge in [-0.2, -0.15) is 0 Å². The van der Waals surface area contributed by atoms with Crippen molar-refractivity contribution in [1.29, 1.82) is 0 Å². The van der Waals surface area contributed by atoms with Crippen molar-refractivity contribution in [3.63, 3.8) is 0 Å². The molecule has 2 aromatic heterocycles. The molecule has 0 fully saturated rings. The summed E-state index contributed by atoms with van der Waals surface area (Å²) < 4.78 is 1.86. The Morgan fingerprint density at radius 3 is 3.13 bits per heavy atom. The molecule has 4 N–H and O–H groups in total. The van der Waals surface area contributed by atoms with E-state index in [2.05, 4.69) is 9.97 Å². The number of nitrogens with two attached hydrogens (primary N) is 1. The van der Waals surface area contributed by atoms with E-state index in [0.29, 0.717) is 5.78 Å². The minimum Gasteiger partial charge on any atom is -0.480 e. The fraction of sp³-hybridized carbons (Fsp3) is 0.333. The summed E-state index contributed by atoms with van der Waals surface area (Å²) >= 11 is 0. The molecule has 2 rings (SSSR count). The molecule has 0 aromatic carbocycles. The van der Waals surface area contributed by atoms with Crippen molar-refractivity contribution in [2.24, 2.45) is 5.73 Å². The van der Waals surface area contributed by atoms with Gasteiger partial charge in [0.15, 0.2) is 0 Å². The first kappa shape index (κ1) is 9.72. The van der Waals surface area contributed by atoms with Gasteiger partial charge in [0.25, 0.3) is 0 Å². The largest absolute Gasteiger partial charge is 0.480 e. The van der Waals surface area contributed by atoms with Crippen molar-refractivity contribution in [2.45, 2.75) is 19.4 Å². The summed E-state index contributed by atoms with van der Waals surface area (Å²) in [6, 6.07) is -0.882. The Kier molecular flexibility index (Phi) is 2.20. The number of hydrogen-bond donors (Lipinski definition) is 3. The van der Waals surface area contributed by atoms with Crippen LogP contribution >= 0.6 is 0 Å². The first-order valence-electron chi connectivity index (χ1n) is 4.58. The van der Waals surface area contributed by atoms with Crippen LogP contribution in [-0.2, 0) is 11.2 Å². The van der Waals surface area contributed by atoms with Crippen molar-refractivity contribution in [3.8, 4) is 0 Å². The molecule has 1 atom stereocenters. The van der Waals surface area contributed by atoms with E-state index in [1.807, 2.05) is 17.5 Å². The molecule has 2 aromatic rings. The second-order valence-corrected chi connectivity index (χ2v) is 3.46. The van der Waals surface area contributed by atoms with Gasteiger partial charge in [0.05, 0.1) is 0 Å². The smallest absolute Gasteiger partial charge is 0.320 e. The first-order valence-corrected chi connectivity index (χ1v) is 4.58. The zero-order chi connectivity index (χ0) is 11.0. The van der Waals surface area contributed by atoms with Crippen LogP contribution in [0, 0.1) is 6.92 Å². The monoisotopic (exact) mass is 208 g/mol. The number of aliphatic carboxylic acids is 1. The topological polar surface area (TPSA) is 96.4 Å². The third-order valence-electron chi connectivity index (χ3n) is 2.44. The van der Waals surface area contributed by atoms with Gasteiger partial charge >= 0.3 is 5.97 Å². The van der Waals surface area contributed by atoms with Crippen LogP contribution in [0.15, 0.2) is 12.4 Å². The number of nitrogens with zero attached hydrogens (tertiary/aromatic N) is 2. The van der Waals surface area contributed by atoms with Crippen LogP contribution in [0.3, 0.4) is 0 Å². The number of aromatic amines is 1. The average Bonchev–Trinajstić information content (AvgIpc) is 2.71. The number of carboxylic acid groups (broad SMARTS) is 1. The Labute approximate surface area is 85.7 Å². The van der Waals surface area contributed by atoms with Crippen LogP contribution in [0.2, 0.25) is 0 Å². The van der Waals surface area contributed by atoms with E-state index in [1.54, 1.807) is 6.20 Å². The molecule has 1 unspecified atom stereocenters. The number of rotatable bonds is 3. The van der Waals surface area contributed by atoms with Gasteiger partial charge in [0.1, 0.15) is 6.04 Å². The summed E-state index contributed by atoms with van der Waals surface area (Å²) in [6.45, 7) is 1.90. The lowest BCUT2D eigenvalue weighted by Gasteiger charge is -2.04. The number of fused-ring (bicyclic) bond motifs is 1. The van der Waals surface area contributed by atoms with Crippen LogP contribution < -0.4 is 5.73 Å². The van der Waals surface area contributed by atoms with Crippen LogP contribution in [0.4, 0.5) is 0 Å². The van der Waals surface area contributed by atoms with Crippen LogP contribution in [-0.4, -0.2) is 31.5 Å². The third kappa shape index (κ3) is 1.59. The van der Waals surface area contributed by atoms with Crippen LogP contribution in [0.1, 0.15) is 11.4 Å². The maximum atomic E-state index is 10.6. The number of nitrogens with one attached hydrogen (secondary N) is 1. The summed E-state index contributed by atoms with van der Waals surface area (Å²) in [5.74, 6) is -0.290. The molecule has 6 nitrogen and oxygen atoms in total. The minimum absolute atomic E-state index is 0.282. The number of aromatic nitrogens is 3. The van der Waals surface area contributed by atoms with E-state index >= 15 is 0 Å². The molecule has 0 aliphatic carbocycles. The predicted molar refractivity (Wildman–Crippen MR) is 53.6 cm³/mol. The highest BCUT2D eigenvalue weighted by Crippen LogP contribution is 2.11. The van der Waals surface area contributed by atoms with Gasteiger partial charge in [-0.1, -0.05) is 0 Å². The van der Waals surface area contributed by atoms with Crippen molar-refractivity contribution in [2.75, 3.05) is 0 Å². The van der Waals surface area contributed by atoms with E-state index < -0.39 is 12.0 Å². The molecule has 6 heteroatoms. The predicted octanol–water partition coefficient (Wildman–Crippen LogP) is -0.0748. The Morgan fingerprint density at radius 1 is 1.80 bits per heavy atom. The minimum atomic E-state index is -0.998. The first-order chi connectivity index (χ1) is 7.09. The molecule has 0 aliphatic rings. The summed E-state index contributed by atoms with van der Waals surface area (Å²) in [5, 5.41) is 8.70. The van der Waals surface area contributed by atoms with Crippen molar-refractivity contribution < 1.29 is 9.90 Å². The standard InChI is InChI=1S/C9H12N4O2/c1-5-7(4-6(10)8(14)15)12-9-11-2-3-13(5)9/h2-3,6H,4,10H2,1H3,(H,11,12)(H,14,15). The normalized spacial score (nSPS) is 13.2. The van der Waals surface area contributed by atoms with Crippen LogP contribution in [0.25, 0.3) is 5.78 Å². The molecule has 0 bridgehead atoms. The zero-order valence-electron chi connectivity index (χ0n) is 8.27. The maximum absolute atomic E-state index is 10.6. The third-order valence-corrected chi connectivity index (χ3v) is 2.44. The lowest BCUT2D eigenvalue weighted by molar-refractivity contribution is -0.138. The molecule has 15 heavy (non-hydrogen) atoms. The highest BCUT2D eigenvalue weighted by atomic mass is 16.4. The van der Waals surface area contributed by atoms with E-state index in [-0.39, 0.29) is 6.42 Å². The van der Waals surface area contributed by atoms with Gasteiger partial charge in [0.2, 0.25) is 5.78 Å². The van der Waals surface area contributed by atoms with E-state index in [0.717, 1.165) is 11.4 Å². The quantitative estimate of drug-likeness (QED) is 0.657. The van der Waals surface area contributed by atoms with Crippen LogP contribution in [0.5, 0.6) is 0 Å². The number of carbonyl (C=O) groups is 1. The number of imidazole rings is 2. The zero-order valence-corrected chi connectivity index (χ0v) is 8.27. The Balaban J connectivity index is 2.32. The van der Waals surface area contributed by atoms with Gasteiger partial charge < -0.3 is 15.8 Å². The summed E-state index contributed by atoms with van der Waals surface area (Å²) in [4.78, 5) is 17.7. The molecule has 0 saturated carbocycles. The second kappa shape index (κ2) is 3.39. The summed E-state index contributed by atoms with van der Waals surface area (Å²) in [5.41, 5.74) is 7.22. The maximum Gasteiger partial charge on any atom is 0.320 e. The average molecular weight is 208 g/mol. The summed E-state index contributed by atoms with van der Waals surface area (Å²) in [7, 11) is 0. The Hall–Kier alpha value is -1.82. The highest BCUT2D eigenvalue weighted by molar-refractivity contribution is 5.73. The number of carboxylic acids is 1. The molecule has 0 radical (unpaired) electrons.